The molecule has 25 heavy (non-hydrogen) atoms. The highest BCUT2D eigenvalue weighted by molar-refractivity contribution is 6.30. The third kappa shape index (κ3) is 4.73. The van der Waals surface area contributed by atoms with Gasteiger partial charge in [-0.15, -0.1) is 0 Å². The predicted octanol–water partition coefficient (Wildman–Crippen LogP) is 3.27. The number of carbonyl (C=O) groups is 2. The lowest BCUT2D eigenvalue weighted by Crippen LogP contribution is -2.43. The van der Waals surface area contributed by atoms with E-state index < -0.39 is 40.9 Å². The van der Waals surface area contributed by atoms with Gasteiger partial charge in [0, 0.05) is 23.6 Å². The summed E-state index contributed by atoms with van der Waals surface area (Å²) in [6.45, 7) is 0. The van der Waals surface area contributed by atoms with Crippen LogP contribution in [0.15, 0.2) is 36.4 Å². The molecule has 4 nitrogen and oxygen atoms in total. The Labute approximate surface area is 146 Å². The van der Waals surface area contributed by atoms with E-state index in [0.717, 1.165) is 7.11 Å². The average Bonchev–Trinajstić information content (AvgIpc) is 2.52. The van der Waals surface area contributed by atoms with Gasteiger partial charge in [-0.3, -0.25) is 4.79 Å². The van der Waals surface area contributed by atoms with E-state index in [9.17, 15) is 22.8 Å². The van der Waals surface area contributed by atoms with Crippen LogP contribution in [-0.2, 0) is 16.0 Å². The van der Waals surface area contributed by atoms with Crippen molar-refractivity contribution in [1.82, 2.24) is 5.32 Å². The van der Waals surface area contributed by atoms with Gasteiger partial charge in [-0.1, -0.05) is 23.7 Å². The minimum absolute atomic E-state index is 0.0105. The van der Waals surface area contributed by atoms with Gasteiger partial charge >= 0.3 is 5.97 Å². The first-order valence-electron chi connectivity index (χ1n) is 7.09. The van der Waals surface area contributed by atoms with Crippen molar-refractivity contribution in [3.8, 4) is 0 Å². The summed E-state index contributed by atoms with van der Waals surface area (Å²) in [6.07, 6.45) is -0.0105. The summed E-state index contributed by atoms with van der Waals surface area (Å²) < 4.78 is 44.9. The number of amides is 1. The van der Waals surface area contributed by atoms with Gasteiger partial charge in [0.15, 0.2) is 0 Å². The smallest absolute Gasteiger partial charge is 0.328 e. The topological polar surface area (TPSA) is 55.4 Å². The molecule has 8 heteroatoms. The van der Waals surface area contributed by atoms with E-state index in [1.54, 1.807) is 24.3 Å². The van der Waals surface area contributed by atoms with Crippen molar-refractivity contribution in [3.05, 3.63) is 70.0 Å². The van der Waals surface area contributed by atoms with Gasteiger partial charge in [-0.2, -0.15) is 0 Å². The van der Waals surface area contributed by atoms with Gasteiger partial charge in [0.1, 0.15) is 29.1 Å². The van der Waals surface area contributed by atoms with Crippen LogP contribution in [0.5, 0.6) is 0 Å². The predicted molar refractivity (Wildman–Crippen MR) is 84.7 cm³/mol. The lowest BCUT2D eigenvalue weighted by Gasteiger charge is -2.17. The molecule has 0 aliphatic carbocycles. The summed E-state index contributed by atoms with van der Waals surface area (Å²) >= 11 is 5.86. The normalized spacial score (nSPS) is 11.7. The van der Waals surface area contributed by atoms with Crippen LogP contribution in [0.25, 0.3) is 0 Å². The largest absolute Gasteiger partial charge is 0.467 e. The van der Waals surface area contributed by atoms with Crippen LogP contribution in [0.3, 0.4) is 0 Å². The van der Waals surface area contributed by atoms with E-state index in [4.69, 9.17) is 11.6 Å². The maximum absolute atomic E-state index is 13.7. The fraction of sp³-hybridized carbons (Fsp3) is 0.176. The van der Waals surface area contributed by atoms with E-state index in [1.165, 1.54) is 0 Å². The van der Waals surface area contributed by atoms with Crippen LogP contribution < -0.4 is 5.32 Å². The van der Waals surface area contributed by atoms with Crippen molar-refractivity contribution < 1.29 is 27.5 Å². The van der Waals surface area contributed by atoms with Crippen molar-refractivity contribution in [3.63, 3.8) is 0 Å². The molecule has 1 N–H and O–H groups in total. The molecule has 0 aromatic heterocycles. The van der Waals surface area contributed by atoms with Gasteiger partial charge in [0.05, 0.1) is 7.11 Å². The zero-order chi connectivity index (χ0) is 18.6. The monoisotopic (exact) mass is 371 g/mol. The van der Waals surface area contributed by atoms with E-state index in [2.05, 4.69) is 10.1 Å². The molecule has 132 valence electrons. The lowest BCUT2D eigenvalue weighted by molar-refractivity contribution is -0.142. The maximum atomic E-state index is 13.7. The van der Waals surface area contributed by atoms with Gasteiger partial charge in [-0.25, -0.2) is 18.0 Å². The molecule has 1 atom stereocenters. The zero-order valence-corrected chi connectivity index (χ0v) is 13.7. The van der Waals surface area contributed by atoms with E-state index >= 15 is 0 Å². The number of hydrogen-bond acceptors (Lipinski definition) is 3. The van der Waals surface area contributed by atoms with Gasteiger partial charge in [-0.05, 0) is 17.7 Å². The second-order valence-electron chi connectivity index (χ2n) is 5.13. The molecular weight excluding hydrogens is 359 g/mol. The Morgan fingerprint density at radius 3 is 2.36 bits per heavy atom. The number of benzene rings is 2. The Kier molecular flexibility index (Phi) is 6.03. The first-order chi connectivity index (χ1) is 11.8. The molecule has 0 radical (unpaired) electrons. The lowest BCUT2D eigenvalue weighted by atomic mass is 10.1. The number of halogens is 4. The number of ether oxygens (including phenoxy) is 1. The van der Waals surface area contributed by atoms with E-state index in [0.29, 0.717) is 22.7 Å². The van der Waals surface area contributed by atoms with E-state index in [-0.39, 0.29) is 6.42 Å². The van der Waals surface area contributed by atoms with Gasteiger partial charge < -0.3 is 10.1 Å². The quantitative estimate of drug-likeness (QED) is 0.821. The first kappa shape index (κ1) is 18.8. The second-order valence-corrected chi connectivity index (χ2v) is 5.56. The highest BCUT2D eigenvalue weighted by Crippen LogP contribution is 2.16. The molecule has 2 aromatic carbocycles. The minimum atomic E-state index is -1.37. The van der Waals surface area contributed by atoms with Crippen LogP contribution >= 0.6 is 11.6 Å². The SMILES string of the molecule is COC(=O)[C@H](Cc1cccc(Cl)c1)NC(=O)c1c(F)cc(F)cc1F. The Morgan fingerprint density at radius 1 is 1.16 bits per heavy atom. The van der Waals surface area contributed by atoms with Crippen molar-refractivity contribution in [2.75, 3.05) is 7.11 Å². The third-order valence-electron chi connectivity index (χ3n) is 3.35. The van der Waals surface area contributed by atoms with Crippen LogP contribution in [0.4, 0.5) is 13.2 Å². The summed E-state index contributed by atoms with van der Waals surface area (Å²) in [5.41, 5.74) is -0.385. The Balaban J connectivity index is 2.25. The van der Waals surface area contributed by atoms with Crippen molar-refractivity contribution >= 4 is 23.5 Å². The highest BCUT2D eigenvalue weighted by atomic mass is 35.5. The molecule has 0 heterocycles. The van der Waals surface area contributed by atoms with Crippen molar-refractivity contribution in [2.45, 2.75) is 12.5 Å². The minimum Gasteiger partial charge on any atom is -0.467 e. The molecule has 0 bridgehead atoms. The molecule has 0 saturated carbocycles. The molecule has 0 aliphatic heterocycles. The fourth-order valence-corrected chi connectivity index (χ4v) is 2.44. The number of methoxy groups -OCH3 is 1. The average molecular weight is 372 g/mol. The number of rotatable bonds is 5. The molecular formula is C17H13ClF3NO3. The standard InChI is InChI=1S/C17H13ClF3NO3/c1-25-17(24)14(6-9-3-2-4-10(18)5-9)22-16(23)15-12(20)7-11(19)8-13(15)21/h2-5,7-8,14H,6H2,1H3,(H,22,23)/t14-/m0/s1. The second kappa shape index (κ2) is 8.02. The van der Waals surface area contributed by atoms with Crippen LogP contribution in [-0.4, -0.2) is 25.0 Å². The van der Waals surface area contributed by atoms with Crippen LogP contribution in [0.2, 0.25) is 5.02 Å². The Bertz CT molecular complexity index is 790. The Hall–Kier alpha value is -2.54. The molecule has 1 amide bonds. The fourth-order valence-electron chi connectivity index (χ4n) is 2.22. The number of esters is 1. The molecule has 0 fully saturated rings. The molecule has 0 unspecified atom stereocenters. The third-order valence-corrected chi connectivity index (χ3v) is 3.59. The maximum Gasteiger partial charge on any atom is 0.328 e. The molecule has 2 aromatic rings. The van der Waals surface area contributed by atoms with Crippen molar-refractivity contribution in [1.29, 1.82) is 0 Å². The van der Waals surface area contributed by atoms with Crippen LogP contribution in [0, 0.1) is 17.5 Å². The number of nitrogens with one attached hydrogen (secondary N) is 1. The molecule has 2 rings (SSSR count). The molecule has 0 saturated heterocycles. The summed E-state index contributed by atoms with van der Waals surface area (Å²) in [6, 6.07) is 6.05. The molecule has 0 aliphatic rings. The number of hydrogen-bond donors (Lipinski definition) is 1. The molecule has 0 spiro atoms. The zero-order valence-electron chi connectivity index (χ0n) is 13.0. The summed E-state index contributed by atoms with van der Waals surface area (Å²) in [4.78, 5) is 24.0. The Morgan fingerprint density at radius 2 is 1.80 bits per heavy atom. The van der Waals surface area contributed by atoms with Crippen molar-refractivity contribution in [2.24, 2.45) is 0 Å². The number of carbonyl (C=O) groups excluding carboxylic acids is 2. The first-order valence-corrected chi connectivity index (χ1v) is 7.47. The van der Waals surface area contributed by atoms with E-state index in [1.807, 2.05) is 0 Å². The van der Waals surface area contributed by atoms with Crippen LogP contribution in [0.1, 0.15) is 15.9 Å². The highest BCUT2D eigenvalue weighted by Gasteiger charge is 2.26. The van der Waals surface area contributed by atoms with Gasteiger partial charge in [0.2, 0.25) is 0 Å². The summed E-state index contributed by atoms with van der Waals surface area (Å²) in [7, 11) is 1.11. The summed E-state index contributed by atoms with van der Waals surface area (Å²) in [5.74, 6) is -5.92. The summed E-state index contributed by atoms with van der Waals surface area (Å²) in [5, 5.41) is 2.61. The van der Waals surface area contributed by atoms with Gasteiger partial charge in [0.25, 0.3) is 5.91 Å².